The number of benzene rings is 2. The molecule has 7 nitrogen and oxygen atoms in total. The van der Waals surface area contributed by atoms with Crippen molar-refractivity contribution in [3.05, 3.63) is 51.5 Å². The van der Waals surface area contributed by atoms with Crippen LogP contribution in [0, 0.1) is 0 Å². The van der Waals surface area contributed by atoms with Gasteiger partial charge in [-0.25, -0.2) is 4.68 Å². The topological polar surface area (TPSA) is 95.1 Å². The second-order valence-corrected chi connectivity index (χ2v) is 7.85. The van der Waals surface area contributed by atoms with Crippen LogP contribution in [0.15, 0.2) is 41.6 Å². The molecule has 0 unspecified atom stereocenters. The Labute approximate surface area is 188 Å². The summed E-state index contributed by atoms with van der Waals surface area (Å²) in [4.78, 5) is 12.2. The summed E-state index contributed by atoms with van der Waals surface area (Å²) >= 11 is 19.0. The van der Waals surface area contributed by atoms with E-state index in [9.17, 15) is 13.6 Å². The number of hydrogen-bond donors (Lipinski definition) is 2. The normalized spacial score (nSPS) is 11.0. The van der Waals surface area contributed by atoms with Crippen molar-refractivity contribution >= 4 is 58.2 Å². The van der Waals surface area contributed by atoms with E-state index in [1.807, 2.05) is 0 Å². The molecule has 3 aromatic rings. The molecule has 3 rings (SSSR count). The van der Waals surface area contributed by atoms with Gasteiger partial charge in [-0.3, -0.25) is 4.79 Å². The number of amides is 1. The van der Waals surface area contributed by atoms with Crippen molar-refractivity contribution < 1.29 is 18.3 Å². The summed E-state index contributed by atoms with van der Waals surface area (Å²) in [7, 11) is 0. The van der Waals surface area contributed by atoms with Gasteiger partial charge in [0.25, 0.3) is 0 Å². The highest BCUT2D eigenvalue weighted by Crippen LogP contribution is 2.31. The number of thioether (sulfide) groups is 1. The first kappa shape index (κ1) is 22.4. The highest BCUT2D eigenvalue weighted by atomic mass is 35.5. The van der Waals surface area contributed by atoms with Gasteiger partial charge in [0, 0.05) is 16.3 Å². The van der Waals surface area contributed by atoms with Crippen LogP contribution in [0.2, 0.25) is 15.1 Å². The summed E-state index contributed by atoms with van der Waals surface area (Å²) in [6.07, 6.45) is 0. The monoisotopic (exact) mass is 493 g/mol. The van der Waals surface area contributed by atoms with E-state index in [0.29, 0.717) is 21.3 Å². The van der Waals surface area contributed by atoms with Crippen LogP contribution in [0.4, 0.5) is 14.5 Å². The zero-order valence-electron chi connectivity index (χ0n) is 14.8. The fourth-order valence-electron chi connectivity index (χ4n) is 2.33. The van der Waals surface area contributed by atoms with Gasteiger partial charge in [-0.2, -0.15) is 8.78 Å². The fraction of sp³-hybridized carbons (Fsp3) is 0.118. The Morgan fingerprint density at radius 1 is 1.17 bits per heavy atom. The fourth-order valence-corrected chi connectivity index (χ4v) is 3.58. The lowest BCUT2D eigenvalue weighted by atomic mass is 10.2. The van der Waals surface area contributed by atoms with Crippen LogP contribution >= 0.6 is 46.6 Å². The number of aromatic nitrogens is 3. The van der Waals surface area contributed by atoms with E-state index in [2.05, 4.69) is 20.3 Å². The number of nitrogen functional groups attached to an aromatic ring is 1. The minimum atomic E-state index is -3.00. The maximum absolute atomic E-state index is 12.3. The maximum atomic E-state index is 12.3. The summed E-state index contributed by atoms with van der Waals surface area (Å²) in [5.74, 6) is 5.66. The number of rotatable bonds is 7. The summed E-state index contributed by atoms with van der Waals surface area (Å²) in [5.41, 5.74) is 0.809. The van der Waals surface area contributed by atoms with Gasteiger partial charge in [0.15, 0.2) is 5.82 Å². The summed E-state index contributed by atoms with van der Waals surface area (Å²) < 4.78 is 30.0. The van der Waals surface area contributed by atoms with Gasteiger partial charge in [0.1, 0.15) is 5.75 Å². The highest BCUT2D eigenvalue weighted by Gasteiger charge is 2.17. The molecule has 0 saturated carbocycles. The minimum absolute atomic E-state index is 0.0501. The number of ether oxygens (including phenoxy) is 1. The lowest BCUT2D eigenvalue weighted by Crippen LogP contribution is -2.16. The Balaban J connectivity index is 1.64. The molecule has 0 fully saturated rings. The zero-order valence-corrected chi connectivity index (χ0v) is 17.9. The number of carbonyl (C=O) groups excluding carboxylic acids is 1. The number of nitrogens with one attached hydrogen (secondary N) is 1. The second kappa shape index (κ2) is 9.69. The first-order chi connectivity index (χ1) is 14.2. The Morgan fingerprint density at radius 3 is 2.63 bits per heavy atom. The van der Waals surface area contributed by atoms with Gasteiger partial charge >= 0.3 is 6.61 Å². The number of halogens is 5. The number of carbonyl (C=O) groups is 1. The largest absolute Gasteiger partial charge is 0.433 e. The molecule has 0 spiro atoms. The average molecular weight is 495 g/mol. The van der Waals surface area contributed by atoms with Crippen LogP contribution in [0.1, 0.15) is 0 Å². The molecule has 13 heteroatoms. The third-order valence-corrected chi connectivity index (χ3v) is 5.40. The zero-order chi connectivity index (χ0) is 21.8. The summed E-state index contributed by atoms with van der Waals surface area (Å²) in [5, 5.41) is 11.6. The molecular formula is C17H12Cl3F2N5O2S. The predicted molar refractivity (Wildman–Crippen MR) is 113 cm³/mol. The van der Waals surface area contributed by atoms with Crippen molar-refractivity contribution in [3.63, 3.8) is 0 Å². The minimum Gasteiger partial charge on any atom is -0.433 e. The Hall–Kier alpha value is -2.27. The van der Waals surface area contributed by atoms with Crippen LogP contribution in [-0.4, -0.2) is 33.1 Å². The summed E-state index contributed by atoms with van der Waals surface area (Å²) in [6.45, 7) is -3.00. The number of anilines is 1. The van der Waals surface area contributed by atoms with Crippen LogP contribution in [0.25, 0.3) is 11.4 Å². The average Bonchev–Trinajstić information content (AvgIpc) is 3.04. The van der Waals surface area contributed by atoms with Crippen molar-refractivity contribution in [1.29, 1.82) is 0 Å². The predicted octanol–water partition coefficient (Wildman–Crippen LogP) is 4.95. The molecule has 3 N–H and O–H groups in total. The molecule has 0 radical (unpaired) electrons. The number of hydrogen-bond acceptors (Lipinski definition) is 6. The second-order valence-electron chi connectivity index (χ2n) is 5.66. The van der Waals surface area contributed by atoms with Crippen molar-refractivity contribution in [2.24, 2.45) is 0 Å². The molecule has 158 valence electrons. The van der Waals surface area contributed by atoms with Crippen LogP contribution in [0.5, 0.6) is 5.75 Å². The van der Waals surface area contributed by atoms with E-state index in [0.717, 1.165) is 11.8 Å². The molecule has 1 heterocycles. The molecule has 1 amide bonds. The molecule has 0 saturated heterocycles. The van der Waals surface area contributed by atoms with E-state index in [4.69, 9.17) is 40.6 Å². The molecular weight excluding hydrogens is 483 g/mol. The molecule has 0 aliphatic rings. The Bertz CT molecular complexity index is 1080. The quantitative estimate of drug-likeness (QED) is 0.356. The van der Waals surface area contributed by atoms with Gasteiger partial charge in [0.2, 0.25) is 11.1 Å². The number of nitrogens with zero attached hydrogens (tertiary/aromatic N) is 3. The van der Waals surface area contributed by atoms with Gasteiger partial charge in [0.05, 0.1) is 15.8 Å². The number of alkyl halides is 2. The van der Waals surface area contributed by atoms with Crippen LogP contribution in [0.3, 0.4) is 0 Å². The lowest BCUT2D eigenvalue weighted by molar-refractivity contribution is -0.113. The smallest absolute Gasteiger partial charge is 0.387 e. The maximum Gasteiger partial charge on any atom is 0.387 e. The molecule has 0 aliphatic carbocycles. The van der Waals surface area contributed by atoms with Gasteiger partial charge in [-0.1, -0.05) is 46.6 Å². The number of nitrogens with two attached hydrogens (primary N) is 1. The third-order valence-electron chi connectivity index (χ3n) is 3.60. The standard InChI is InChI=1S/C17H12Cl3F2N5O2S/c18-8-1-3-11(19)10(5-8)15-25-26-17(27(15)23)30-7-14(28)24-9-2-4-13(12(20)6-9)29-16(21)22/h1-6,16H,7,23H2,(H,24,28). The third kappa shape index (κ3) is 5.45. The Kier molecular flexibility index (Phi) is 7.24. The van der Waals surface area contributed by atoms with Crippen molar-refractivity contribution in [3.8, 4) is 17.1 Å². The molecule has 0 atom stereocenters. The van der Waals surface area contributed by atoms with Crippen molar-refractivity contribution in [1.82, 2.24) is 14.9 Å². The van der Waals surface area contributed by atoms with E-state index < -0.39 is 12.5 Å². The first-order valence-corrected chi connectivity index (χ1v) is 10.2. The molecule has 0 bridgehead atoms. The molecule has 0 aliphatic heterocycles. The molecule has 2 aromatic carbocycles. The Morgan fingerprint density at radius 2 is 1.93 bits per heavy atom. The molecule has 30 heavy (non-hydrogen) atoms. The van der Waals surface area contributed by atoms with Crippen molar-refractivity contribution in [2.75, 3.05) is 16.9 Å². The van der Waals surface area contributed by atoms with Gasteiger partial charge < -0.3 is 15.9 Å². The van der Waals surface area contributed by atoms with Gasteiger partial charge in [-0.15, -0.1) is 10.2 Å². The van der Waals surface area contributed by atoms with E-state index in [1.165, 1.54) is 22.9 Å². The first-order valence-electron chi connectivity index (χ1n) is 8.07. The SMILES string of the molecule is Nn1c(SCC(=O)Nc2ccc(OC(F)F)c(Cl)c2)nnc1-c1cc(Cl)ccc1Cl. The van der Waals surface area contributed by atoms with Crippen molar-refractivity contribution in [2.45, 2.75) is 11.8 Å². The van der Waals surface area contributed by atoms with E-state index in [1.54, 1.807) is 18.2 Å². The van der Waals surface area contributed by atoms with Crippen LogP contribution in [-0.2, 0) is 4.79 Å². The van der Waals surface area contributed by atoms with Gasteiger partial charge in [-0.05, 0) is 36.4 Å². The van der Waals surface area contributed by atoms with E-state index >= 15 is 0 Å². The van der Waals surface area contributed by atoms with Crippen LogP contribution < -0.4 is 15.9 Å². The summed E-state index contributed by atoms with van der Waals surface area (Å²) in [6, 6.07) is 8.75. The lowest BCUT2D eigenvalue weighted by Gasteiger charge is -2.09. The van der Waals surface area contributed by atoms with E-state index in [-0.39, 0.29) is 27.5 Å². The highest BCUT2D eigenvalue weighted by molar-refractivity contribution is 7.99. The molecule has 1 aromatic heterocycles.